The van der Waals surface area contributed by atoms with Crippen molar-refractivity contribution >= 4 is 23.0 Å². The largest absolute Gasteiger partial charge is 0.379 e. The number of aromatic amines is 1. The van der Waals surface area contributed by atoms with Crippen molar-refractivity contribution in [3.63, 3.8) is 0 Å². The molecule has 1 aliphatic heterocycles. The molecule has 0 unspecified atom stereocenters. The van der Waals surface area contributed by atoms with Gasteiger partial charge in [0.25, 0.3) is 0 Å². The van der Waals surface area contributed by atoms with Gasteiger partial charge < -0.3 is 19.9 Å². The van der Waals surface area contributed by atoms with Crippen molar-refractivity contribution in [2.24, 2.45) is 0 Å². The quantitative estimate of drug-likeness (QED) is 0.310. The highest BCUT2D eigenvalue weighted by Crippen LogP contribution is 2.33. The normalized spacial score (nSPS) is 13.8. The van der Waals surface area contributed by atoms with E-state index >= 15 is 0 Å². The third kappa shape index (κ3) is 6.97. The molecule has 206 valence electrons. The van der Waals surface area contributed by atoms with Gasteiger partial charge >= 0.3 is 6.03 Å². The smallest absolute Gasteiger partial charge is 0.321 e. The summed E-state index contributed by atoms with van der Waals surface area (Å²) in [6.45, 7) is 7.40. The molecule has 0 spiro atoms. The van der Waals surface area contributed by atoms with Crippen molar-refractivity contribution in [3.8, 4) is 22.4 Å². The number of anilines is 1. The number of nitrogens with one attached hydrogen (secondary N) is 3. The first-order valence-corrected chi connectivity index (χ1v) is 12.9. The SMILES string of the molecule is C.CCNC(=O)Nc1nc2c(-c3cc(CN(C)C)ccn3)cc(-c3ccc(CN4CCOCC4)nc3)cc2[nH]1. The van der Waals surface area contributed by atoms with Gasteiger partial charge in [-0.2, -0.15) is 0 Å². The summed E-state index contributed by atoms with van der Waals surface area (Å²) in [5, 5.41) is 5.52. The van der Waals surface area contributed by atoms with Crippen LogP contribution in [-0.4, -0.2) is 82.7 Å². The van der Waals surface area contributed by atoms with Gasteiger partial charge in [0.05, 0.1) is 35.6 Å². The van der Waals surface area contributed by atoms with Crippen LogP contribution in [0.3, 0.4) is 0 Å². The minimum atomic E-state index is -0.306. The molecule has 0 atom stereocenters. The first-order valence-electron chi connectivity index (χ1n) is 12.9. The Hall–Kier alpha value is -3.86. The Labute approximate surface area is 229 Å². The molecule has 4 heterocycles. The average Bonchev–Trinajstić information content (AvgIpc) is 3.31. The maximum Gasteiger partial charge on any atom is 0.321 e. The van der Waals surface area contributed by atoms with Crippen molar-refractivity contribution in [2.75, 3.05) is 52.3 Å². The molecule has 2 amide bonds. The number of morpholine rings is 1. The molecule has 3 aromatic heterocycles. The van der Waals surface area contributed by atoms with Crippen LogP contribution < -0.4 is 10.6 Å². The van der Waals surface area contributed by atoms with Gasteiger partial charge in [-0.1, -0.05) is 13.5 Å². The first kappa shape index (κ1) is 28.2. The van der Waals surface area contributed by atoms with Crippen LogP contribution in [0.5, 0.6) is 0 Å². The minimum absolute atomic E-state index is 0. The number of H-pyrrole nitrogens is 1. The summed E-state index contributed by atoms with van der Waals surface area (Å²) < 4.78 is 5.45. The van der Waals surface area contributed by atoms with Crippen molar-refractivity contribution in [1.82, 2.24) is 35.1 Å². The number of rotatable bonds is 8. The summed E-state index contributed by atoms with van der Waals surface area (Å²) in [5.41, 5.74) is 7.43. The van der Waals surface area contributed by atoms with Crippen LogP contribution in [0.15, 0.2) is 48.8 Å². The van der Waals surface area contributed by atoms with Crippen LogP contribution in [0.25, 0.3) is 33.4 Å². The number of aromatic nitrogens is 4. The Balaban J connectivity index is 0.00000353. The second-order valence-corrected chi connectivity index (χ2v) is 9.70. The number of carbonyl (C=O) groups is 1. The summed E-state index contributed by atoms with van der Waals surface area (Å²) in [4.78, 5) is 34.0. The lowest BCUT2D eigenvalue weighted by Crippen LogP contribution is -2.35. The molecule has 4 aromatic rings. The molecule has 0 aliphatic carbocycles. The van der Waals surface area contributed by atoms with E-state index in [0.717, 1.165) is 84.1 Å². The topological polar surface area (TPSA) is 111 Å². The fourth-order valence-electron chi connectivity index (χ4n) is 4.61. The fourth-order valence-corrected chi connectivity index (χ4v) is 4.61. The second kappa shape index (κ2) is 12.8. The lowest BCUT2D eigenvalue weighted by molar-refractivity contribution is 0.0336. The monoisotopic (exact) mass is 530 g/mol. The molecule has 1 aromatic carbocycles. The standard InChI is InChI=1S/C28H34N8O2.CH4/c1-4-29-28(37)34-27-32-25-15-21(20-5-6-22(31-16-20)18-36-9-11-38-12-10-36)14-23(26(25)33-27)24-13-19(7-8-30-24)17-35(2)3;/h5-8,13-16H,4,9-12,17-18H2,1-3H3,(H3,29,32,33,34,37);1H4. The van der Waals surface area contributed by atoms with Crippen LogP contribution in [0.4, 0.5) is 10.7 Å². The Morgan fingerprint density at radius 3 is 2.64 bits per heavy atom. The lowest BCUT2D eigenvalue weighted by atomic mass is 10.00. The van der Waals surface area contributed by atoms with Crippen molar-refractivity contribution < 1.29 is 9.53 Å². The molecular formula is C29H38N8O2. The Kier molecular flexibility index (Phi) is 9.23. The fraction of sp³-hybridized carbons (Fsp3) is 0.379. The third-order valence-corrected chi connectivity index (χ3v) is 6.40. The molecule has 1 fully saturated rings. The summed E-state index contributed by atoms with van der Waals surface area (Å²) in [6.07, 6.45) is 3.75. The lowest BCUT2D eigenvalue weighted by Gasteiger charge is -2.26. The first-order chi connectivity index (χ1) is 18.5. The van der Waals surface area contributed by atoms with E-state index in [-0.39, 0.29) is 13.5 Å². The Morgan fingerprint density at radius 1 is 1.10 bits per heavy atom. The van der Waals surface area contributed by atoms with Crippen LogP contribution in [-0.2, 0) is 17.8 Å². The molecule has 0 bridgehead atoms. The summed E-state index contributed by atoms with van der Waals surface area (Å²) in [7, 11) is 4.09. The van der Waals surface area contributed by atoms with Gasteiger partial charge in [0.2, 0.25) is 5.95 Å². The van der Waals surface area contributed by atoms with E-state index in [9.17, 15) is 4.79 Å². The van der Waals surface area contributed by atoms with E-state index in [1.165, 1.54) is 0 Å². The highest BCUT2D eigenvalue weighted by Gasteiger charge is 2.16. The van der Waals surface area contributed by atoms with Crippen LogP contribution in [0.2, 0.25) is 0 Å². The van der Waals surface area contributed by atoms with E-state index in [4.69, 9.17) is 14.7 Å². The minimum Gasteiger partial charge on any atom is -0.379 e. The molecule has 5 rings (SSSR count). The number of benzene rings is 1. The number of fused-ring (bicyclic) bond motifs is 1. The highest BCUT2D eigenvalue weighted by molar-refractivity contribution is 5.98. The zero-order valence-corrected chi connectivity index (χ0v) is 22.1. The number of urea groups is 1. The van der Waals surface area contributed by atoms with Gasteiger partial charge in [0, 0.05) is 56.2 Å². The van der Waals surface area contributed by atoms with Gasteiger partial charge in [-0.3, -0.25) is 20.2 Å². The Bertz CT molecular complexity index is 1390. The van der Waals surface area contributed by atoms with E-state index in [0.29, 0.717) is 12.5 Å². The molecule has 1 aliphatic rings. The maximum atomic E-state index is 12.1. The number of ether oxygens (including phenoxy) is 1. The second-order valence-electron chi connectivity index (χ2n) is 9.70. The van der Waals surface area contributed by atoms with Gasteiger partial charge in [0.15, 0.2) is 0 Å². The predicted octanol–water partition coefficient (Wildman–Crippen LogP) is 4.36. The zero-order chi connectivity index (χ0) is 26.5. The average molecular weight is 531 g/mol. The zero-order valence-electron chi connectivity index (χ0n) is 22.1. The van der Waals surface area contributed by atoms with Crippen LogP contribution in [0.1, 0.15) is 25.6 Å². The highest BCUT2D eigenvalue weighted by atomic mass is 16.5. The van der Waals surface area contributed by atoms with Crippen molar-refractivity contribution in [2.45, 2.75) is 27.4 Å². The molecule has 10 nitrogen and oxygen atoms in total. The molecule has 39 heavy (non-hydrogen) atoms. The maximum absolute atomic E-state index is 12.1. The molecule has 1 saturated heterocycles. The summed E-state index contributed by atoms with van der Waals surface area (Å²) >= 11 is 0. The van der Waals surface area contributed by atoms with Gasteiger partial charge in [-0.15, -0.1) is 0 Å². The predicted molar refractivity (Wildman–Crippen MR) is 155 cm³/mol. The number of amides is 2. The number of pyridine rings is 2. The summed E-state index contributed by atoms with van der Waals surface area (Å²) in [6, 6.07) is 12.1. The number of nitrogens with zero attached hydrogens (tertiary/aromatic N) is 5. The molecule has 0 radical (unpaired) electrons. The molecule has 3 N–H and O–H groups in total. The van der Waals surface area contributed by atoms with E-state index in [1.807, 2.05) is 45.5 Å². The molecule has 0 saturated carbocycles. The molecule has 10 heteroatoms. The van der Waals surface area contributed by atoms with E-state index in [2.05, 4.69) is 54.7 Å². The van der Waals surface area contributed by atoms with Crippen molar-refractivity contribution in [1.29, 1.82) is 0 Å². The summed E-state index contributed by atoms with van der Waals surface area (Å²) in [5.74, 6) is 0.382. The number of carbonyl (C=O) groups excluding carboxylic acids is 1. The molecular weight excluding hydrogens is 492 g/mol. The number of imidazole rings is 1. The number of hydrogen-bond acceptors (Lipinski definition) is 7. The van der Waals surface area contributed by atoms with E-state index in [1.54, 1.807) is 0 Å². The van der Waals surface area contributed by atoms with Crippen LogP contribution in [0, 0.1) is 0 Å². The third-order valence-electron chi connectivity index (χ3n) is 6.40. The van der Waals surface area contributed by atoms with Gasteiger partial charge in [-0.05, 0) is 62.5 Å². The van der Waals surface area contributed by atoms with Gasteiger partial charge in [-0.25, -0.2) is 9.78 Å². The Morgan fingerprint density at radius 2 is 1.92 bits per heavy atom. The van der Waals surface area contributed by atoms with Crippen molar-refractivity contribution in [3.05, 3.63) is 60.0 Å². The van der Waals surface area contributed by atoms with Crippen LogP contribution >= 0.6 is 0 Å². The van der Waals surface area contributed by atoms with E-state index < -0.39 is 0 Å². The van der Waals surface area contributed by atoms with Gasteiger partial charge in [0.1, 0.15) is 0 Å². The number of hydrogen-bond donors (Lipinski definition) is 3.